The number of aromatic nitrogens is 1. The summed E-state index contributed by atoms with van der Waals surface area (Å²) in [7, 11) is 0. The molecule has 0 radical (unpaired) electrons. The molecule has 0 fully saturated rings. The molecule has 1 atom stereocenters. The third-order valence-corrected chi connectivity index (χ3v) is 2.54. The van der Waals surface area contributed by atoms with E-state index in [2.05, 4.69) is 4.98 Å². The number of aryl methyl sites for hydroxylation is 1. The van der Waals surface area contributed by atoms with Gasteiger partial charge in [0.2, 0.25) is 0 Å². The van der Waals surface area contributed by atoms with Crippen LogP contribution < -0.4 is 0 Å². The highest BCUT2D eigenvalue weighted by Crippen LogP contribution is 2.23. The van der Waals surface area contributed by atoms with Gasteiger partial charge in [0.15, 0.2) is 0 Å². The van der Waals surface area contributed by atoms with Crippen molar-refractivity contribution in [3.8, 4) is 0 Å². The first kappa shape index (κ1) is 9.42. The molecule has 0 spiro atoms. The van der Waals surface area contributed by atoms with Crippen molar-refractivity contribution in [3.63, 3.8) is 0 Å². The highest BCUT2D eigenvalue weighted by atomic mass is 32.1. The SMILES string of the molecule is CC(C)=CC(O)c1scnc1C. The maximum atomic E-state index is 9.65. The van der Waals surface area contributed by atoms with E-state index in [-0.39, 0.29) is 0 Å². The van der Waals surface area contributed by atoms with Crippen molar-refractivity contribution in [2.45, 2.75) is 26.9 Å². The fourth-order valence-corrected chi connectivity index (χ4v) is 1.74. The molecule has 12 heavy (non-hydrogen) atoms. The molecule has 0 aliphatic carbocycles. The lowest BCUT2D eigenvalue weighted by Crippen LogP contribution is -1.92. The van der Waals surface area contributed by atoms with Crippen LogP contribution in [0.1, 0.15) is 30.5 Å². The van der Waals surface area contributed by atoms with Gasteiger partial charge in [-0.3, -0.25) is 0 Å². The van der Waals surface area contributed by atoms with Crippen LogP contribution in [0.5, 0.6) is 0 Å². The van der Waals surface area contributed by atoms with Gasteiger partial charge in [-0.25, -0.2) is 4.98 Å². The summed E-state index contributed by atoms with van der Waals surface area (Å²) in [4.78, 5) is 5.02. The summed E-state index contributed by atoms with van der Waals surface area (Å²) in [5.41, 5.74) is 3.80. The summed E-state index contributed by atoms with van der Waals surface area (Å²) in [6.07, 6.45) is 1.35. The van der Waals surface area contributed by atoms with Crippen molar-refractivity contribution in [2.75, 3.05) is 0 Å². The van der Waals surface area contributed by atoms with E-state index in [1.54, 1.807) is 5.51 Å². The second-order valence-corrected chi connectivity index (χ2v) is 3.88. The van der Waals surface area contributed by atoms with Crippen LogP contribution in [0.2, 0.25) is 0 Å². The van der Waals surface area contributed by atoms with Gasteiger partial charge < -0.3 is 5.11 Å². The Bertz CT molecular complexity index is 286. The number of aliphatic hydroxyl groups is 1. The number of aliphatic hydroxyl groups excluding tert-OH is 1. The molecular formula is C9H13NOS. The van der Waals surface area contributed by atoms with Crippen molar-refractivity contribution in [3.05, 3.63) is 27.7 Å². The minimum Gasteiger partial charge on any atom is -0.383 e. The second kappa shape index (κ2) is 3.83. The normalized spacial score (nSPS) is 12.7. The maximum Gasteiger partial charge on any atom is 0.108 e. The number of nitrogens with zero attached hydrogens (tertiary/aromatic N) is 1. The van der Waals surface area contributed by atoms with E-state index >= 15 is 0 Å². The molecule has 1 aromatic rings. The van der Waals surface area contributed by atoms with E-state index in [0.717, 1.165) is 16.1 Å². The molecule has 2 nitrogen and oxygen atoms in total. The molecule has 0 saturated heterocycles. The van der Waals surface area contributed by atoms with E-state index in [0.29, 0.717) is 0 Å². The Morgan fingerprint density at radius 3 is 2.75 bits per heavy atom. The minimum absolute atomic E-state index is 0.484. The first-order valence-electron chi connectivity index (χ1n) is 3.84. The zero-order valence-electron chi connectivity index (χ0n) is 7.53. The van der Waals surface area contributed by atoms with Crippen molar-refractivity contribution in [2.24, 2.45) is 0 Å². The number of hydrogen-bond acceptors (Lipinski definition) is 3. The Labute approximate surface area is 76.6 Å². The summed E-state index contributed by atoms with van der Waals surface area (Å²) in [5, 5.41) is 9.65. The Morgan fingerprint density at radius 1 is 1.67 bits per heavy atom. The Kier molecular flexibility index (Phi) is 3.00. The molecule has 0 aliphatic heterocycles. The summed E-state index contributed by atoms with van der Waals surface area (Å²) in [6, 6.07) is 0. The number of allylic oxidation sites excluding steroid dienone is 1. The lowest BCUT2D eigenvalue weighted by atomic mass is 10.2. The van der Waals surface area contributed by atoms with E-state index in [4.69, 9.17) is 0 Å². The standard InChI is InChI=1S/C9H13NOS/c1-6(2)4-8(11)9-7(3)10-5-12-9/h4-5,8,11H,1-3H3. The predicted octanol–water partition coefficient (Wildman–Crippen LogP) is 2.45. The molecule has 3 heteroatoms. The molecule has 0 aliphatic rings. The largest absolute Gasteiger partial charge is 0.383 e. The quantitative estimate of drug-likeness (QED) is 0.714. The van der Waals surface area contributed by atoms with Crippen LogP contribution in [0.4, 0.5) is 0 Å². The van der Waals surface area contributed by atoms with E-state index in [1.807, 2.05) is 26.8 Å². The van der Waals surface area contributed by atoms with E-state index in [1.165, 1.54) is 11.3 Å². The number of rotatable bonds is 2. The molecule has 1 heterocycles. The topological polar surface area (TPSA) is 33.1 Å². The van der Waals surface area contributed by atoms with E-state index < -0.39 is 6.10 Å². The third kappa shape index (κ3) is 2.16. The van der Waals surface area contributed by atoms with E-state index in [9.17, 15) is 5.11 Å². The fourth-order valence-electron chi connectivity index (χ4n) is 0.986. The average molecular weight is 183 g/mol. The fraction of sp³-hybridized carbons (Fsp3) is 0.444. The minimum atomic E-state index is -0.484. The smallest absolute Gasteiger partial charge is 0.108 e. The summed E-state index contributed by atoms with van der Waals surface area (Å²) >= 11 is 1.49. The van der Waals surface area contributed by atoms with Crippen LogP contribution in [0.3, 0.4) is 0 Å². The average Bonchev–Trinajstić information content (AvgIpc) is 2.33. The van der Waals surface area contributed by atoms with Crippen molar-refractivity contribution in [1.82, 2.24) is 4.98 Å². The van der Waals surface area contributed by atoms with Gasteiger partial charge in [-0.1, -0.05) is 11.6 Å². The van der Waals surface area contributed by atoms with Gasteiger partial charge in [-0.2, -0.15) is 0 Å². The Morgan fingerprint density at radius 2 is 2.33 bits per heavy atom. The molecule has 1 N–H and O–H groups in total. The maximum absolute atomic E-state index is 9.65. The van der Waals surface area contributed by atoms with Crippen LogP contribution in [-0.2, 0) is 0 Å². The molecule has 66 valence electrons. The van der Waals surface area contributed by atoms with Crippen molar-refractivity contribution >= 4 is 11.3 Å². The first-order valence-corrected chi connectivity index (χ1v) is 4.72. The Hall–Kier alpha value is -0.670. The molecule has 1 aromatic heterocycles. The molecule has 0 saturated carbocycles. The van der Waals surface area contributed by atoms with Gasteiger partial charge in [-0.05, 0) is 20.8 Å². The number of hydrogen-bond donors (Lipinski definition) is 1. The van der Waals surface area contributed by atoms with Crippen LogP contribution in [0, 0.1) is 6.92 Å². The summed E-state index contributed by atoms with van der Waals surface area (Å²) in [6.45, 7) is 5.85. The summed E-state index contributed by atoms with van der Waals surface area (Å²) in [5.74, 6) is 0. The van der Waals surface area contributed by atoms with Gasteiger partial charge >= 0.3 is 0 Å². The van der Waals surface area contributed by atoms with Gasteiger partial charge in [-0.15, -0.1) is 11.3 Å². The lowest BCUT2D eigenvalue weighted by molar-refractivity contribution is 0.230. The highest BCUT2D eigenvalue weighted by molar-refractivity contribution is 7.09. The van der Waals surface area contributed by atoms with Gasteiger partial charge in [0.1, 0.15) is 6.10 Å². The third-order valence-electron chi connectivity index (χ3n) is 1.54. The Balaban J connectivity index is 2.85. The predicted molar refractivity (Wildman–Crippen MR) is 51.2 cm³/mol. The van der Waals surface area contributed by atoms with Crippen LogP contribution in [0.25, 0.3) is 0 Å². The molecule has 0 aromatic carbocycles. The highest BCUT2D eigenvalue weighted by Gasteiger charge is 2.09. The van der Waals surface area contributed by atoms with Gasteiger partial charge in [0.25, 0.3) is 0 Å². The molecule has 1 rings (SSSR count). The first-order chi connectivity index (χ1) is 5.61. The number of thiazole rings is 1. The van der Waals surface area contributed by atoms with Crippen LogP contribution in [-0.4, -0.2) is 10.1 Å². The van der Waals surface area contributed by atoms with Crippen LogP contribution >= 0.6 is 11.3 Å². The zero-order valence-corrected chi connectivity index (χ0v) is 8.35. The summed E-state index contributed by atoms with van der Waals surface area (Å²) < 4.78 is 0. The molecule has 1 unspecified atom stereocenters. The van der Waals surface area contributed by atoms with Crippen molar-refractivity contribution < 1.29 is 5.11 Å². The van der Waals surface area contributed by atoms with Crippen molar-refractivity contribution in [1.29, 1.82) is 0 Å². The zero-order chi connectivity index (χ0) is 9.14. The van der Waals surface area contributed by atoms with Crippen LogP contribution in [0.15, 0.2) is 17.2 Å². The molecular weight excluding hydrogens is 170 g/mol. The molecule has 0 amide bonds. The van der Waals surface area contributed by atoms with Gasteiger partial charge in [0, 0.05) is 0 Å². The monoisotopic (exact) mass is 183 g/mol. The molecule has 0 bridgehead atoms. The van der Waals surface area contributed by atoms with Gasteiger partial charge in [0.05, 0.1) is 16.1 Å². The lowest BCUT2D eigenvalue weighted by Gasteiger charge is -2.03. The second-order valence-electron chi connectivity index (χ2n) is 2.99.